The number of hydrogen-bond donors (Lipinski definition) is 0. The van der Waals surface area contributed by atoms with Crippen LogP contribution in [0.25, 0.3) is 82.2 Å². The molecule has 5 heteroatoms. The van der Waals surface area contributed by atoms with Gasteiger partial charge in [-0.05, 0) is 41.5 Å². The van der Waals surface area contributed by atoms with Crippen LogP contribution in [0, 0.1) is 0 Å². The van der Waals surface area contributed by atoms with E-state index >= 15 is 0 Å². The summed E-state index contributed by atoms with van der Waals surface area (Å²) in [5, 5.41) is 2.55. The van der Waals surface area contributed by atoms with Gasteiger partial charge in [-0.3, -0.25) is 0 Å². The van der Waals surface area contributed by atoms with Crippen molar-refractivity contribution in [3.05, 3.63) is 158 Å². The van der Waals surface area contributed by atoms with Gasteiger partial charge in [0.05, 0.1) is 15.7 Å². The lowest BCUT2D eigenvalue weighted by Crippen LogP contribution is -2.00. The van der Waals surface area contributed by atoms with Crippen molar-refractivity contribution in [2.45, 2.75) is 0 Å². The van der Waals surface area contributed by atoms with Gasteiger partial charge in [-0.2, -0.15) is 0 Å². The van der Waals surface area contributed by atoms with Gasteiger partial charge in [0.1, 0.15) is 0 Å². The van der Waals surface area contributed by atoms with Crippen LogP contribution < -0.4 is 0 Å². The first kappa shape index (κ1) is 26.5. The van der Waals surface area contributed by atoms with E-state index in [0.717, 1.165) is 22.3 Å². The summed E-state index contributed by atoms with van der Waals surface area (Å²) in [6, 6.07) is 54.9. The summed E-state index contributed by atoms with van der Waals surface area (Å²) in [6.45, 7) is 0. The fourth-order valence-electron chi connectivity index (χ4n) is 6.24. The molecule has 0 saturated carbocycles. The molecular weight excluding hydrogens is 581 g/mol. The molecule has 0 spiro atoms. The van der Waals surface area contributed by atoms with Gasteiger partial charge < -0.3 is 4.57 Å². The van der Waals surface area contributed by atoms with E-state index in [1.807, 2.05) is 72.0 Å². The van der Waals surface area contributed by atoms with Gasteiger partial charge in [0, 0.05) is 37.9 Å². The number of thiophene rings is 1. The summed E-state index contributed by atoms with van der Waals surface area (Å²) in [7, 11) is 0. The summed E-state index contributed by atoms with van der Waals surface area (Å²) in [4.78, 5) is 14.6. The zero-order chi connectivity index (χ0) is 30.5. The van der Waals surface area contributed by atoms with E-state index in [9.17, 15) is 0 Å². The standard InChI is InChI=1S/C41H26N4S/c1-4-12-28(13-5-1)39-42-40(29-14-6-2-7-15-29)44-41(43-39)30-22-20-27(21-23-30)31-24-25-36-34(26-31)37-38(46-36)33-18-10-11-19-35(33)45(37)32-16-8-3-9-17-32/h1-26H. The number of fused-ring (bicyclic) bond motifs is 5. The molecule has 0 aliphatic heterocycles. The molecule has 0 aliphatic carbocycles. The Morgan fingerprint density at radius 3 is 1.54 bits per heavy atom. The van der Waals surface area contributed by atoms with Gasteiger partial charge in [0.15, 0.2) is 17.5 Å². The smallest absolute Gasteiger partial charge is 0.164 e. The van der Waals surface area contributed by atoms with Crippen LogP contribution in [0.3, 0.4) is 0 Å². The van der Waals surface area contributed by atoms with Crippen LogP contribution in [0.5, 0.6) is 0 Å². The number of hydrogen-bond acceptors (Lipinski definition) is 4. The molecule has 9 rings (SSSR count). The Bertz CT molecular complexity index is 2440. The first-order valence-corrected chi connectivity index (χ1v) is 16.1. The number of aromatic nitrogens is 4. The number of benzene rings is 6. The van der Waals surface area contributed by atoms with Crippen molar-refractivity contribution < 1.29 is 0 Å². The van der Waals surface area contributed by atoms with Crippen molar-refractivity contribution in [2.24, 2.45) is 0 Å². The Morgan fingerprint density at radius 1 is 0.413 bits per heavy atom. The van der Waals surface area contributed by atoms with Gasteiger partial charge in [0.25, 0.3) is 0 Å². The van der Waals surface area contributed by atoms with Crippen LogP contribution in [-0.4, -0.2) is 19.5 Å². The van der Waals surface area contributed by atoms with E-state index in [2.05, 4.69) is 102 Å². The van der Waals surface area contributed by atoms with Gasteiger partial charge >= 0.3 is 0 Å². The molecule has 4 nitrogen and oxygen atoms in total. The highest BCUT2D eigenvalue weighted by Crippen LogP contribution is 2.43. The van der Waals surface area contributed by atoms with Crippen LogP contribution in [0.1, 0.15) is 0 Å². The second kappa shape index (κ2) is 10.9. The maximum absolute atomic E-state index is 4.91. The van der Waals surface area contributed by atoms with Gasteiger partial charge in [-0.25, -0.2) is 15.0 Å². The van der Waals surface area contributed by atoms with Gasteiger partial charge in [-0.15, -0.1) is 11.3 Å². The van der Waals surface area contributed by atoms with E-state index in [0.29, 0.717) is 17.5 Å². The Balaban J connectivity index is 1.15. The Kier molecular flexibility index (Phi) is 6.28. The molecule has 46 heavy (non-hydrogen) atoms. The second-order valence-corrected chi connectivity index (χ2v) is 12.3. The molecule has 0 radical (unpaired) electrons. The van der Waals surface area contributed by atoms with E-state index in [1.54, 1.807) is 0 Å². The maximum atomic E-state index is 4.91. The Morgan fingerprint density at radius 2 is 0.913 bits per heavy atom. The molecule has 0 aliphatic rings. The number of rotatable bonds is 5. The van der Waals surface area contributed by atoms with Crippen molar-refractivity contribution >= 4 is 42.5 Å². The molecule has 9 aromatic rings. The lowest BCUT2D eigenvalue weighted by molar-refractivity contribution is 1.07. The van der Waals surface area contributed by atoms with Gasteiger partial charge in [0.2, 0.25) is 0 Å². The third kappa shape index (κ3) is 4.48. The SMILES string of the molecule is c1ccc(-c2nc(-c3ccccc3)nc(-c3ccc(-c4ccc5sc6c7ccccc7n(-c7ccccc7)c6c5c4)cc3)n2)cc1. The van der Waals surface area contributed by atoms with Crippen molar-refractivity contribution in [1.82, 2.24) is 19.5 Å². The highest BCUT2D eigenvalue weighted by molar-refractivity contribution is 7.26. The van der Waals surface area contributed by atoms with Crippen LogP contribution in [-0.2, 0) is 0 Å². The summed E-state index contributed by atoms with van der Waals surface area (Å²) in [5.41, 5.74) is 8.86. The first-order valence-electron chi connectivity index (χ1n) is 15.3. The largest absolute Gasteiger partial charge is 0.308 e. The Hall–Kier alpha value is -5.91. The quantitative estimate of drug-likeness (QED) is 0.196. The minimum absolute atomic E-state index is 0.654. The minimum Gasteiger partial charge on any atom is -0.308 e. The van der Waals surface area contributed by atoms with Crippen molar-refractivity contribution in [3.63, 3.8) is 0 Å². The number of para-hydroxylation sites is 2. The summed E-state index contributed by atoms with van der Waals surface area (Å²) < 4.78 is 5.01. The minimum atomic E-state index is 0.654. The fourth-order valence-corrected chi connectivity index (χ4v) is 7.45. The Labute approximate surface area is 269 Å². The van der Waals surface area contributed by atoms with Crippen LogP contribution in [0.4, 0.5) is 0 Å². The van der Waals surface area contributed by atoms with Crippen LogP contribution in [0.15, 0.2) is 158 Å². The monoisotopic (exact) mass is 606 g/mol. The van der Waals surface area contributed by atoms with Crippen molar-refractivity contribution in [1.29, 1.82) is 0 Å². The normalized spacial score (nSPS) is 11.5. The topological polar surface area (TPSA) is 43.6 Å². The van der Waals surface area contributed by atoms with Crippen LogP contribution in [0.2, 0.25) is 0 Å². The number of nitrogens with zero attached hydrogens (tertiary/aromatic N) is 4. The van der Waals surface area contributed by atoms with E-state index in [-0.39, 0.29) is 0 Å². The maximum Gasteiger partial charge on any atom is 0.164 e. The zero-order valence-electron chi connectivity index (χ0n) is 24.7. The molecule has 216 valence electrons. The third-order valence-corrected chi connectivity index (χ3v) is 9.66. The molecule has 0 bridgehead atoms. The molecule has 0 saturated heterocycles. The highest BCUT2D eigenvalue weighted by atomic mass is 32.1. The highest BCUT2D eigenvalue weighted by Gasteiger charge is 2.18. The molecule has 3 heterocycles. The van der Waals surface area contributed by atoms with Crippen molar-refractivity contribution in [2.75, 3.05) is 0 Å². The predicted octanol–water partition coefficient (Wildman–Crippen LogP) is 10.9. The fraction of sp³-hybridized carbons (Fsp3) is 0. The zero-order valence-corrected chi connectivity index (χ0v) is 25.5. The first-order chi connectivity index (χ1) is 22.8. The summed E-state index contributed by atoms with van der Waals surface area (Å²) >= 11 is 1.87. The molecule has 0 amide bonds. The molecule has 0 N–H and O–H groups in total. The average molecular weight is 607 g/mol. The average Bonchev–Trinajstić information content (AvgIpc) is 3.67. The molecular formula is C41H26N4S. The van der Waals surface area contributed by atoms with E-state index in [4.69, 9.17) is 15.0 Å². The molecule has 6 aromatic carbocycles. The summed E-state index contributed by atoms with van der Waals surface area (Å²) in [6.07, 6.45) is 0. The van der Waals surface area contributed by atoms with Gasteiger partial charge in [-0.1, -0.05) is 127 Å². The molecule has 0 fully saturated rings. The van der Waals surface area contributed by atoms with Crippen molar-refractivity contribution in [3.8, 4) is 51.0 Å². The predicted molar refractivity (Wildman–Crippen MR) is 191 cm³/mol. The molecule has 0 unspecified atom stereocenters. The van der Waals surface area contributed by atoms with E-state index in [1.165, 1.54) is 42.5 Å². The van der Waals surface area contributed by atoms with Crippen LogP contribution >= 0.6 is 11.3 Å². The van der Waals surface area contributed by atoms with E-state index < -0.39 is 0 Å². The third-order valence-electron chi connectivity index (χ3n) is 8.47. The summed E-state index contributed by atoms with van der Waals surface area (Å²) in [5.74, 6) is 1.98. The lowest BCUT2D eigenvalue weighted by Gasteiger charge is -2.10. The second-order valence-electron chi connectivity index (χ2n) is 11.3. The lowest BCUT2D eigenvalue weighted by atomic mass is 10.0. The molecule has 3 aromatic heterocycles. The molecule has 0 atom stereocenters.